The Morgan fingerprint density at radius 3 is 2.83 bits per heavy atom. The summed E-state index contributed by atoms with van der Waals surface area (Å²) in [5.74, 6) is -0.261. The largest absolute Gasteiger partial charge is 0.435 e. The maximum Gasteiger partial charge on any atom is 0.435 e. The summed E-state index contributed by atoms with van der Waals surface area (Å²) in [5.41, 5.74) is -0.402. The zero-order valence-electron chi connectivity index (χ0n) is 12.6. The average Bonchev–Trinajstić information content (AvgIpc) is 3.02. The van der Waals surface area contributed by atoms with Gasteiger partial charge < -0.3 is 4.90 Å². The summed E-state index contributed by atoms with van der Waals surface area (Å²) in [6, 6.07) is 5.31. The summed E-state index contributed by atoms with van der Waals surface area (Å²) in [7, 11) is 0. The number of likely N-dealkylation sites (tertiary alicyclic amines) is 1. The Morgan fingerprint density at radius 1 is 1.43 bits per heavy atom. The first-order valence-electron chi connectivity index (χ1n) is 7.55. The number of nitrogens with zero attached hydrogens (tertiary/aromatic N) is 4. The van der Waals surface area contributed by atoms with Gasteiger partial charge in [0.25, 0.3) is 0 Å². The SMILES string of the molecule is N#CCC[C@H](C#N)CN1CCC[C@@H](c2cc(C(F)(F)F)n[nH]2)C1. The summed E-state index contributed by atoms with van der Waals surface area (Å²) >= 11 is 0. The Hall–Kier alpha value is -2.06. The minimum Gasteiger partial charge on any atom is -0.301 e. The minimum absolute atomic E-state index is 0.0392. The lowest BCUT2D eigenvalue weighted by molar-refractivity contribution is -0.141. The van der Waals surface area contributed by atoms with Crippen LogP contribution >= 0.6 is 0 Å². The summed E-state index contributed by atoms with van der Waals surface area (Å²) in [5, 5.41) is 23.6. The summed E-state index contributed by atoms with van der Waals surface area (Å²) in [6.45, 7) is 1.97. The molecule has 0 amide bonds. The van der Waals surface area contributed by atoms with Gasteiger partial charge in [-0.05, 0) is 31.9 Å². The van der Waals surface area contributed by atoms with Crippen molar-refractivity contribution in [1.29, 1.82) is 10.5 Å². The molecule has 0 radical (unpaired) electrons. The molecule has 0 unspecified atom stereocenters. The van der Waals surface area contributed by atoms with Gasteiger partial charge in [-0.1, -0.05) is 0 Å². The molecule has 0 bridgehead atoms. The maximum atomic E-state index is 12.6. The number of halogens is 3. The summed E-state index contributed by atoms with van der Waals surface area (Å²) in [6.07, 6.45) is -1.92. The average molecular weight is 325 g/mol. The van der Waals surface area contributed by atoms with E-state index in [0.717, 1.165) is 25.5 Å². The lowest BCUT2D eigenvalue weighted by atomic mass is 9.93. The van der Waals surface area contributed by atoms with Crippen molar-refractivity contribution in [3.05, 3.63) is 17.5 Å². The van der Waals surface area contributed by atoms with Crippen LogP contribution in [0.1, 0.15) is 43.0 Å². The molecule has 0 spiro atoms. The first-order chi connectivity index (χ1) is 10.9. The second kappa shape index (κ2) is 7.47. The topological polar surface area (TPSA) is 79.5 Å². The molecule has 1 N–H and O–H groups in total. The van der Waals surface area contributed by atoms with Crippen molar-refractivity contribution in [3.63, 3.8) is 0 Å². The van der Waals surface area contributed by atoms with E-state index in [1.165, 1.54) is 0 Å². The van der Waals surface area contributed by atoms with E-state index in [0.29, 0.717) is 31.6 Å². The van der Waals surface area contributed by atoms with Crippen molar-refractivity contribution in [2.75, 3.05) is 19.6 Å². The molecule has 0 aliphatic carbocycles. The van der Waals surface area contributed by atoms with Crippen LogP contribution in [0.25, 0.3) is 0 Å². The molecule has 1 fully saturated rings. The van der Waals surface area contributed by atoms with E-state index in [-0.39, 0.29) is 11.8 Å². The highest BCUT2D eigenvalue weighted by molar-refractivity contribution is 5.16. The number of aromatic amines is 1. The number of nitrogens with one attached hydrogen (secondary N) is 1. The molecule has 0 aromatic carbocycles. The van der Waals surface area contributed by atoms with Gasteiger partial charge in [0.15, 0.2) is 5.69 Å². The maximum absolute atomic E-state index is 12.6. The fourth-order valence-corrected chi connectivity index (χ4v) is 2.91. The standard InChI is InChI=1S/C15H18F3N5/c16-15(17,18)14-7-13(21-22-14)12-4-2-6-23(10-12)9-11(8-20)3-1-5-19/h7,11-12H,1-4,6,9-10H2,(H,21,22)/t11-,12-/m1/s1. The molecule has 1 aliphatic rings. The van der Waals surface area contributed by atoms with E-state index in [4.69, 9.17) is 10.5 Å². The van der Waals surface area contributed by atoms with E-state index in [1.54, 1.807) is 0 Å². The third-order valence-corrected chi connectivity index (χ3v) is 4.10. The molecular formula is C15H18F3N5. The second-order valence-corrected chi connectivity index (χ2v) is 5.83. The van der Waals surface area contributed by atoms with Crippen molar-refractivity contribution < 1.29 is 13.2 Å². The number of aromatic nitrogens is 2. The fourth-order valence-electron chi connectivity index (χ4n) is 2.91. The number of H-pyrrole nitrogens is 1. The first-order valence-corrected chi connectivity index (χ1v) is 7.55. The van der Waals surface area contributed by atoms with Crippen LogP contribution in [0.3, 0.4) is 0 Å². The van der Waals surface area contributed by atoms with Crippen LogP contribution in [0.4, 0.5) is 13.2 Å². The summed E-state index contributed by atoms with van der Waals surface area (Å²) in [4.78, 5) is 2.09. The normalized spacial score (nSPS) is 20.7. The van der Waals surface area contributed by atoms with Gasteiger partial charge in [-0.25, -0.2) is 0 Å². The van der Waals surface area contributed by atoms with E-state index >= 15 is 0 Å². The third kappa shape index (κ3) is 4.70. The monoisotopic (exact) mass is 325 g/mol. The molecular weight excluding hydrogens is 307 g/mol. The zero-order chi connectivity index (χ0) is 16.9. The Kier molecular flexibility index (Phi) is 5.62. The lowest BCUT2D eigenvalue weighted by Gasteiger charge is -2.33. The molecule has 1 aromatic rings. The van der Waals surface area contributed by atoms with Crippen molar-refractivity contribution >= 4 is 0 Å². The quantitative estimate of drug-likeness (QED) is 0.902. The number of rotatable bonds is 5. The summed E-state index contributed by atoms with van der Waals surface area (Å²) < 4.78 is 37.9. The van der Waals surface area contributed by atoms with E-state index in [9.17, 15) is 13.2 Å². The van der Waals surface area contributed by atoms with Crippen LogP contribution in [0.2, 0.25) is 0 Å². The van der Waals surface area contributed by atoms with Crippen LogP contribution in [0.15, 0.2) is 6.07 Å². The van der Waals surface area contributed by atoms with Crippen LogP contribution in [0.5, 0.6) is 0 Å². The van der Waals surface area contributed by atoms with Gasteiger partial charge >= 0.3 is 6.18 Å². The van der Waals surface area contributed by atoms with Gasteiger partial charge in [0, 0.05) is 31.1 Å². The molecule has 2 atom stereocenters. The van der Waals surface area contributed by atoms with Crippen LogP contribution in [-0.2, 0) is 6.18 Å². The first kappa shape index (κ1) is 17.3. The van der Waals surface area contributed by atoms with Gasteiger partial charge in [-0.15, -0.1) is 0 Å². The van der Waals surface area contributed by atoms with Gasteiger partial charge in [-0.3, -0.25) is 5.10 Å². The van der Waals surface area contributed by atoms with E-state index in [1.807, 2.05) is 6.07 Å². The Labute approximate surface area is 132 Å². The lowest BCUT2D eigenvalue weighted by Crippen LogP contribution is -2.37. The number of nitriles is 2. The predicted molar refractivity (Wildman–Crippen MR) is 76.0 cm³/mol. The Balaban J connectivity index is 1.97. The molecule has 1 saturated heterocycles. The van der Waals surface area contributed by atoms with Crippen molar-refractivity contribution in [2.24, 2.45) is 5.92 Å². The fraction of sp³-hybridized carbons (Fsp3) is 0.667. The number of piperidine rings is 1. The van der Waals surface area contributed by atoms with E-state index in [2.05, 4.69) is 21.2 Å². The Bertz CT molecular complexity index is 595. The molecule has 0 saturated carbocycles. The van der Waals surface area contributed by atoms with Crippen LogP contribution in [-0.4, -0.2) is 34.7 Å². The molecule has 8 heteroatoms. The second-order valence-electron chi connectivity index (χ2n) is 5.83. The highest BCUT2D eigenvalue weighted by Crippen LogP contribution is 2.32. The number of alkyl halides is 3. The molecule has 1 aliphatic heterocycles. The Morgan fingerprint density at radius 2 is 2.22 bits per heavy atom. The molecule has 2 heterocycles. The molecule has 1 aromatic heterocycles. The molecule has 5 nitrogen and oxygen atoms in total. The highest BCUT2D eigenvalue weighted by atomic mass is 19.4. The van der Waals surface area contributed by atoms with Crippen molar-refractivity contribution in [1.82, 2.24) is 15.1 Å². The van der Waals surface area contributed by atoms with Crippen LogP contribution < -0.4 is 0 Å². The van der Waals surface area contributed by atoms with Gasteiger partial charge in [0.1, 0.15) is 0 Å². The number of hydrogen-bond acceptors (Lipinski definition) is 4. The van der Waals surface area contributed by atoms with Gasteiger partial charge in [-0.2, -0.15) is 28.8 Å². The smallest absolute Gasteiger partial charge is 0.301 e. The van der Waals surface area contributed by atoms with Crippen LogP contribution in [0, 0.1) is 28.6 Å². The third-order valence-electron chi connectivity index (χ3n) is 4.10. The molecule has 2 rings (SSSR count). The molecule has 124 valence electrons. The minimum atomic E-state index is -4.44. The van der Waals surface area contributed by atoms with Gasteiger partial charge in [0.2, 0.25) is 0 Å². The van der Waals surface area contributed by atoms with Gasteiger partial charge in [0.05, 0.1) is 18.1 Å². The predicted octanol–water partition coefficient (Wildman–Crippen LogP) is 3.05. The van der Waals surface area contributed by atoms with Crippen molar-refractivity contribution in [3.8, 4) is 12.1 Å². The van der Waals surface area contributed by atoms with Crippen molar-refractivity contribution in [2.45, 2.75) is 37.8 Å². The zero-order valence-corrected chi connectivity index (χ0v) is 12.6. The highest BCUT2D eigenvalue weighted by Gasteiger charge is 2.35. The number of hydrogen-bond donors (Lipinski definition) is 1. The molecule has 23 heavy (non-hydrogen) atoms. The van der Waals surface area contributed by atoms with E-state index < -0.39 is 11.9 Å².